The number of aliphatic carboxylic acids is 1. The number of rotatable bonds is 10. The van der Waals surface area contributed by atoms with Crippen molar-refractivity contribution >= 4 is 17.7 Å². The molecule has 10 nitrogen and oxygen atoms in total. The Morgan fingerprint density at radius 3 is 2.47 bits per heavy atom. The number of nitrogens with one attached hydrogen (secondary N) is 1. The summed E-state index contributed by atoms with van der Waals surface area (Å²) >= 11 is 0. The molecule has 0 fully saturated rings. The maximum Gasteiger partial charge on any atom is 0.323 e. The van der Waals surface area contributed by atoms with E-state index in [-0.39, 0.29) is 19.0 Å². The molecule has 166 valence electrons. The number of carboxylic acids is 1. The molecule has 32 heavy (non-hydrogen) atoms. The van der Waals surface area contributed by atoms with Crippen molar-refractivity contribution in [3.63, 3.8) is 0 Å². The molecule has 0 aliphatic heterocycles. The molecule has 0 saturated heterocycles. The summed E-state index contributed by atoms with van der Waals surface area (Å²) in [5, 5.41) is 21.2. The molecule has 1 heterocycles. The van der Waals surface area contributed by atoms with Crippen LogP contribution in [0.1, 0.15) is 24.3 Å². The van der Waals surface area contributed by atoms with Crippen molar-refractivity contribution in [2.24, 2.45) is 5.73 Å². The number of carboxylic acid groups (broad SMARTS) is 1. The molecule has 0 bridgehead atoms. The molecule has 0 radical (unpaired) electrons. The third-order valence-electron chi connectivity index (χ3n) is 4.59. The van der Waals surface area contributed by atoms with E-state index in [1.165, 1.54) is 15.9 Å². The van der Waals surface area contributed by atoms with Crippen LogP contribution in [0.2, 0.25) is 0 Å². The lowest BCUT2D eigenvalue weighted by Crippen LogP contribution is -2.41. The fraction of sp³-hybridized carbons (Fsp3) is 0.227. The maximum atomic E-state index is 13.3. The van der Waals surface area contributed by atoms with E-state index in [9.17, 15) is 14.7 Å². The minimum Gasteiger partial charge on any atom is -0.480 e. The molecule has 3 rings (SSSR count). The summed E-state index contributed by atoms with van der Waals surface area (Å²) in [6.07, 6.45) is 0.224. The number of hydrogen-bond acceptors (Lipinski definition) is 6. The summed E-state index contributed by atoms with van der Waals surface area (Å²) in [6, 6.07) is 15.9. The van der Waals surface area contributed by atoms with Gasteiger partial charge < -0.3 is 20.5 Å². The van der Waals surface area contributed by atoms with Crippen LogP contribution in [0.5, 0.6) is 0 Å². The number of nitrogens with zero attached hydrogens (tertiary/aromatic N) is 4. The molecule has 1 aromatic heterocycles. The number of amidine groups is 1. The lowest BCUT2D eigenvalue weighted by atomic mass is 10.1. The number of hydrogen-bond donors (Lipinski definition) is 3. The van der Waals surface area contributed by atoms with Crippen molar-refractivity contribution in [3.05, 3.63) is 72.1 Å². The first kappa shape index (κ1) is 22.6. The molecule has 2 aromatic carbocycles. The summed E-state index contributed by atoms with van der Waals surface area (Å²) < 4.78 is 6.92. The van der Waals surface area contributed by atoms with Gasteiger partial charge in [0.2, 0.25) is 6.23 Å². The Bertz CT molecular complexity index is 1080. The number of nitrogens with two attached hydrogens (primary N) is 1. The van der Waals surface area contributed by atoms with Crippen molar-refractivity contribution in [1.29, 1.82) is 5.41 Å². The summed E-state index contributed by atoms with van der Waals surface area (Å²) in [5.41, 5.74) is 7.47. The van der Waals surface area contributed by atoms with Crippen LogP contribution >= 0.6 is 0 Å². The second-order valence-corrected chi connectivity index (χ2v) is 6.92. The minimum atomic E-state index is -1.17. The van der Waals surface area contributed by atoms with E-state index in [4.69, 9.17) is 15.9 Å². The highest BCUT2D eigenvalue weighted by molar-refractivity contribution is 5.94. The fourth-order valence-electron chi connectivity index (χ4n) is 3.07. The number of aromatic nitrogens is 3. The van der Waals surface area contributed by atoms with E-state index in [1.807, 2.05) is 30.3 Å². The maximum absolute atomic E-state index is 13.3. The number of amides is 1. The Balaban J connectivity index is 1.85. The molecule has 1 atom stereocenters. The van der Waals surface area contributed by atoms with Gasteiger partial charge in [0.25, 0.3) is 5.91 Å². The quantitative estimate of drug-likeness (QED) is 0.325. The predicted molar refractivity (Wildman–Crippen MR) is 117 cm³/mol. The van der Waals surface area contributed by atoms with Crippen molar-refractivity contribution in [1.82, 2.24) is 19.7 Å². The van der Waals surface area contributed by atoms with E-state index in [1.54, 1.807) is 31.2 Å². The van der Waals surface area contributed by atoms with Gasteiger partial charge in [0.15, 0.2) is 5.82 Å². The van der Waals surface area contributed by atoms with Gasteiger partial charge in [-0.2, -0.15) is 0 Å². The van der Waals surface area contributed by atoms with E-state index in [2.05, 4.69) is 10.1 Å². The Hall–Kier alpha value is -4.05. The van der Waals surface area contributed by atoms with Crippen LogP contribution in [-0.2, 0) is 20.9 Å². The van der Waals surface area contributed by atoms with Crippen molar-refractivity contribution in [3.8, 4) is 11.4 Å². The van der Waals surface area contributed by atoms with E-state index in [0.29, 0.717) is 17.0 Å². The molecule has 0 saturated carbocycles. The van der Waals surface area contributed by atoms with Gasteiger partial charge in [0, 0.05) is 24.3 Å². The number of ether oxygens (including phenoxy) is 1. The number of carbonyl (C=O) groups excluding carboxylic acids is 1. The van der Waals surface area contributed by atoms with Crippen LogP contribution < -0.4 is 5.73 Å². The van der Waals surface area contributed by atoms with Gasteiger partial charge in [-0.25, -0.2) is 9.67 Å². The van der Waals surface area contributed by atoms with Gasteiger partial charge in [-0.3, -0.25) is 15.0 Å². The van der Waals surface area contributed by atoms with Gasteiger partial charge in [-0.15, -0.1) is 5.10 Å². The predicted octanol–water partition coefficient (Wildman–Crippen LogP) is 1.88. The number of benzene rings is 2. The smallest absolute Gasteiger partial charge is 0.323 e. The summed E-state index contributed by atoms with van der Waals surface area (Å²) in [5.74, 6) is -1.37. The zero-order valence-corrected chi connectivity index (χ0v) is 17.5. The third-order valence-corrected chi connectivity index (χ3v) is 4.59. The van der Waals surface area contributed by atoms with Crippen molar-refractivity contribution in [2.45, 2.75) is 19.7 Å². The normalized spacial score (nSPS) is 11.7. The molecule has 0 aliphatic carbocycles. The van der Waals surface area contributed by atoms with Crippen LogP contribution in [0.15, 0.2) is 60.9 Å². The SMILES string of the molecule is CCOC(C(=O)N(CC(=O)O)Cc1ccc(C(=N)N)cc1)n1cnc(-c2ccccc2)n1. The van der Waals surface area contributed by atoms with E-state index < -0.39 is 24.6 Å². The van der Waals surface area contributed by atoms with Crippen LogP contribution in [0.4, 0.5) is 0 Å². The van der Waals surface area contributed by atoms with Crippen LogP contribution in [0.3, 0.4) is 0 Å². The highest BCUT2D eigenvalue weighted by Crippen LogP contribution is 2.19. The Kier molecular flexibility index (Phi) is 7.29. The van der Waals surface area contributed by atoms with Crippen LogP contribution in [0.25, 0.3) is 11.4 Å². The number of carbonyl (C=O) groups is 2. The highest BCUT2D eigenvalue weighted by atomic mass is 16.5. The average Bonchev–Trinajstić information content (AvgIpc) is 3.27. The summed E-state index contributed by atoms with van der Waals surface area (Å²) in [4.78, 5) is 30.2. The van der Waals surface area contributed by atoms with Crippen molar-refractivity contribution < 1.29 is 19.4 Å². The molecule has 10 heteroatoms. The fourth-order valence-corrected chi connectivity index (χ4v) is 3.07. The largest absolute Gasteiger partial charge is 0.480 e. The van der Waals surface area contributed by atoms with E-state index in [0.717, 1.165) is 5.56 Å². The van der Waals surface area contributed by atoms with Gasteiger partial charge >= 0.3 is 5.97 Å². The molecule has 0 spiro atoms. The molecular formula is C22H24N6O4. The molecule has 4 N–H and O–H groups in total. The Morgan fingerprint density at radius 1 is 1.19 bits per heavy atom. The zero-order valence-electron chi connectivity index (χ0n) is 17.5. The monoisotopic (exact) mass is 436 g/mol. The minimum absolute atomic E-state index is 0.0349. The first-order valence-corrected chi connectivity index (χ1v) is 9.91. The standard InChI is InChI=1S/C22H24N6O4/c1-2-32-22(28-14-25-20(26-28)17-6-4-3-5-7-17)21(31)27(13-18(29)30)12-15-8-10-16(11-9-15)19(23)24/h3-11,14,22H,2,12-13H2,1H3,(H3,23,24)(H,29,30). The first-order valence-electron chi connectivity index (χ1n) is 9.91. The van der Waals surface area contributed by atoms with Gasteiger partial charge in [0.05, 0.1) is 0 Å². The first-order chi connectivity index (χ1) is 15.4. The second kappa shape index (κ2) is 10.3. The third kappa shape index (κ3) is 5.55. The lowest BCUT2D eigenvalue weighted by Gasteiger charge is -2.26. The van der Waals surface area contributed by atoms with Crippen LogP contribution in [-0.4, -0.2) is 55.6 Å². The molecule has 3 aromatic rings. The topological polar surface area (TPSA) is 147 Å². The van der Waals surface area contributed by atoms with Crippen molar-refractivity contribution in [2.75, 3.05) is 13.2 Å². The average molecular weight is 436 g/mol. The van der Waals surface area contributed by atoms with Gasteiger partial charge in [0.1, 0.15) is 18.7 Å². The van der Waals surface area contributed by atoms with Crippen LogP contribution in [0, 0.1) is 5.41 Å². The molecule has 1 unspecified atom stereocenters. The highest BCUT2D eigenvalue weighted by Gasteiger charge is 2.29. The second-order valence-electron chi connectivity index (χ2n) is 6.92. The Labute approximate surface area is 184 Å². The van der Waals surface area contributed by atoms with Gasteiger partial charge in [-0.1, -0.05) is 54.6 Å². The summed E-state index contributed by atoms with van der Waals surface area (Å²) in [7, 11) is 0. The molecule has 0 aliphatic rings. The molecular weight excluding hydrogens is 412 g/mol. The van der Waals surface area contributed by atoms with Gasteiger partial charge in [-0.05, 0) is 12.5 Å². The van der Waals surface area contributed by atoms with E-state index >= 15 is 0 Å². The Morgan fingerprint density at radius 2 is 1.88 bits per heavy atom. The zero-order chi connectivity index (χ0) is 23.1. The summed E-state index contributed by atoms with van der Waals surface area (Å²) in [6.45, 7) is 1.47. The molecule has 1 amide bonds. The lowest BCUT2D eigenvalue weighted by molar-refractivity contribution is -0.156. The number of nitrogen functional groups attached to an aromatic ring is 1.